The van der Waals surface area contributed by atoms with Crippen molar-refractivity contribution in [2.45, 2.75) is 13.8 Å². The molecule has 0 N–H and O–H groups in total. The molecular weight excluding hydrogens is 383 g/mol. The Morgan fingerprint density at radius 2 is 1.50 bits per heavy atom. The zero-order chi connectivity index (χ0) is 17.4. The molecule has 1 aromatic heterocycles. The largest absolute Gasteiger partial charge is 0.214 e. The maximum atomic E-state index is 9.80. The molecule has 4 heteroatoms. The van der Waals surface area contributed by atoms with Gasteiger partial charge in [0.15, 0.2) is 0 Å². The quantitative estimate of drug-likeness (QED) is 0.334. The predicted octanol–water partition coefficient (Wildman–Crippen LogP) is 6.21. The number of halogens is 2. The van der Waals surface area contributed by atoms with Crippen LogP contribution in [0.1, 0.15) is 11.1 Å². The van der Waals surface area contributed by atoms with Crippen LogP contribution in [0.25, 0.3) is 16.5 Å². The molecule has 24 heavy (non-hydrogen) atoms. The molecule has 1 heterocycles. The summed E-state index contributed by atoms with van der Waals surface area (Å²) in [6.07, 6.45) is 4.16. The van der Waals surface area contributed by atoms with Crippen LogP contribution in [0.15, 0.2) is 79.1 Å². The normalized spacial score (nSPS) is 9.50. The Morgan fingerprint density at radius 1 is 0.917 bits per heavy atom. The number of nitrogens with zero attached hydrogens (tertiary/aromatic N) is 1. The summed E-state index contributed by atoms with van der Waals surface area (Å²) in [4.78, 5) is 0. The molecule has 4 aromatic rings. The summed E-state index contributed by atoms with van der Waals surface area (Å²) in [6.45, 7) is 4.34. The number of fused-ring (bicyclic) bond motifs is 1. The second-order valence-electron chi connectivity index (χ2n) is 5.36. The van der Waals surface area contributed by atoms with Crippen molar-refractivity contribution >= 4 is 10.8 Å². The second-order valence-corrected chi connectivity index (χ2v) is 5.72. The Balaban J connectivity index is 0.000000217. The fraction of sp³-hybridized carbons (Fsp3) is 0.100. The van der Waals surface area contributed by atoms with Gasteiger partial charge in [-0.1, -0.05) is 18.6 Å². The molecule has 0 bridgehead atoms. The van der Waals surface area contributed by atoms with Gasteiger partial charge in [-0.05, 0) is 24.7 Å². The number of aryl methyl sites for hydroxylation is 2. The van der Waals surface area contributed by atoms with Crippen LogP contribution in [-0.4, -0.2) is 4.57 Å². The van der Waals surface area contributed by atoms with Crippen molar-refractivity contribution in [1.82, 2.24) is 4.57 Å². The van der Waals surface area contributed by atoms with Gasteiger partial charge in [0.05, 0.1) is 0 Å². The third kappa shape index (κ3) is 4.85. The molecule has 4 rings (SSSR count). The van der Waals surface area contributed by atoms with Crippen LogP contribution in [-0.2, 0) is 24.5 Å². The number of benzene rings is 1. The maximum Gasteiger partial charge on any atom is -0.172 e. The molecule has 3 aromatic carbocycles. The second kappa shape index (κ2) is 9.49. The minimum atomic E-state index is -2.77. The first-order valence-corrected chi connectivity index (χ1v) is 9.46. The molecule has 122 valence electrons. The van der Waals surface area contributed by atoms with Gasteiger partial charge in [-0.15, -0.1) is 34.5 Å². The maximum absolute atomic E-state index is 9.80. The average molecular weight is 403 g/mol. The van der Waals surface area contributed by atoms with Crippen molar-refractivity contribution in [3.05, 3.63) is 90.3 Å². The van der Waals surface area contributed by atoms with Crippen LogP contribution >= 0.6 is 0 Å². The van der Waals surface area contributed by atoms with Crippen LogP contribution in [0.2, 0.25) is 0 Å². The van der Waals surface area contributed by atoms with E-state index in [1.165, 1.54) is 27.6 Å². The Kier molecular flexibility index (Phi) is 7.33. The number of hydrogen-bond acceptors (Lipinski definition) is 0. The van der Waals surface area contributed by atoms with Crippen molar-refractivity contribution in [3.8, 4) is 5.69 Å². The molecule has 0 spiro atoms. The topological polar surface area (TPSA) is 4.93 Å². The Morgan fingerprint density at radius 3 is 2.00 bits per heavy atom. The van der Waals surface area contributed by atoms with E-state index >= 15 is 0 Å². The summed E-state index contributed by atoms with van der Waals surface area (Å²) in [5, 5.41) is 2.73. The fourth-order valence-corrected chi connectivity index (χ4v) is 2.55. The fourth-order valence-electron chi connectivity index (χ4n) is 2.55. The van der Waals surface area contributed by atoms with Crippen molar-refractivity contribution in [2.24, 2.45) is 0 Å². The average Bonchev–Trinajstić information content (AvgIpc) is 3.35. The molecular formula is C20H19F2NZr. The monoisotopic (exact) mass is 401 g/mol. The molecule has 0 aliphatic carbocycles. The summed E-state index contributed by atoms with van der Waals surface area (Å²) >= 11 is -2.77. The number of hydrogen-bond donors (Lipinski definition) is 0. The van der Waals surface area contributed by atoms with Crippen molar-refractivity contribution in [2.75, 3.05) is 0 Å². The molecule has 0 amide bonds. The minimum absolute atomic E-state index is 1.25. The first kappa shape index (κ1) is 18.5. The Bertz CT molecular complexity index is 774. The number of rotatable bonds is 1. The molecule has 0 aliphatic rings. The minimum Gasteiger partial charge on any atom is -0.214 e. The Labute approximate surface area is 154 Å². The van der Waals surface area contributed by atoms with Crippen LogP contribution < -0.4 is 0 Å². The molecule has 0 saturated heterocycles. The van der Waals surface area contributed by atoms with Crippen LogP contribution in [0.5, 0.6) is 0 Å². The van der Waals surface area contributed by atoms with Gasteiger partial charge in [-0.2, -0.15) is 18.2 Å². The van der Waals surface area contributed by atoms with E-state index in [9.17, 15) is 5.25 Å². The predicted molar refractivity (Wildman–Crippen MR) is 92.6 cm³/mol. The smallest absolute Gasteiger partial charge is 0.172 e. The standard InChI is InChI=1S/C15H14N.C5H5.2FH.Zr/c1-11-5-6-12(2)15-10-13(9-14(11)15)16-7-3-4-8-16;1-2-4-5-3-1;;;/h3-10H,1-2H3;1-5H;2*1H;/q2*-1;;;+4/p-2. The molecule has 0 aliphatic heterocycles. The summed E-state index contributed by atoms with van der Waals surface area (Å²) in [5.41, 5.74) is 3.94. The molecule has 0 fully saturated rings. The van der Waals surface area contributed by atoms with Gasteiger partial charge in [-0.3, -0.25) is 0 Å². The van der Waals surface area contributed by atoms with E-state index < -0.39 is 24.5 Å². The summed E-state index contributed by atoms with van der Waals surface area (Å²) in [7, 11) is 0. The first-order chi connectivity index (χ1) is 11.7. The third-order valence-corrected chi connectivity index (χ3v) is 3.77. The van der Waals surface area contributed by atoms with Gasteiger partial charge in [0.1, 0.15) is 0 Å². The Hall–Kier alpha value is -1.80. The summed E-state index contributed by atoms with van der Waals surface area (Å²) in [6, 6.07) is 23.0. The zero-order valence-electron chi connectivity index (χ0n) is 13.7. The van der Waals surface area contributed by atoms with Gasteiger partial charge in [0, 0.05) is 12.4 Å². The van der Waals surface area contributed by atoms with Crippen LogP contribution in [0, 0.1) is 13.8 Å². The van der Waals surface area contributed by atoms with E-state index in [-0.39, 0.29) is 0 Å². The van der Waals surface area contributed by atoms with E-state index in [0.29, 0.717) is 0 Å². The molecule has 0 radical (unpaired) electrons. The van der Waals surface area contributed by atoms with Crippen molar-refractivity contribution < 1.29 is 29.7 Å². The van der Waals surface area contributed by atoms with E-state index in [1.807, 2.05) is 30.3 Å². The van der Waals surface area contributed by atoms with Gasteiger partial charge in [0.25, 0.3) is 0 Å². The van der Waals surface area contributed by atoms with Crippen molar-refractivity contribution in [3.63, 3.8) is 0 Å². The van der Waals surface area contributed by atoms with Gasteiger partial charge < -0.3 is 4.57 Å². The molecule has 0 unspecified atom stereocenters. The molecule has 0 saturated carbocycles. The summed E-state index contributed by atoms with van der Waals surface area (Å²) < 4.78 is 21.7. The SMILES string of the molecule is Cc1ccc(C)c2[cH-]c(-n3cccc3)cc12.[F][Zr+2][F].c1cc[cH-]c1. The first-order valence-electron chi connectivity index (χ1n) is 7.60. The van der Waals surface area contributed by atoms with Crippen LogP contribution in [0.3, 0.4) is 0 Å². The van der Waals surface area contributed by atoms with Gasteiger partial charge in [-0.25, -0.2) is 12.1 Å². The van der Waals surface area contributed by atoms with Crippen LogP contribution in [0.4, 0.5) is 5.25 Å². The zero-order valence-corrected chi connectivity index (χ0v) is 16.2. The van der Waals surface area contributed by atoms with Gasteiger partial charge in [0.2, 0.25) is 0 Å². The van der Waals surface area contributed by atoms with Crippen molar-refractivity contribution in [1.29, 1.82) is 0 Å². The molecule has 1 nitrogen and oxygen atoms in total. The molecule has 0 atom stereocenters. The van der Waals surface area contributed by atoms with Gasteiger partial charge >= 0.3 is 29.7 Å². The van der Waals surface area contributed by atoms with E-state index in [4.69, 9.17) is 0 Å². The van der Waals surface area contributed by atoms with E-state index in [0.717, 1.165) is 0 Å². The van der Waals surface area contributed by atoms with E-state index in [1.54, 1.807) is 0 Å². The number of aromatic nitrogens is 1. The van der Waals surface area contributed by atoms with E-state index in [2.05, 4.69) is 67.2 Å². The third-order valence-electron chi connectivity index (χ3n) is 3.77. The summed E-state index contributed by atoms with van der Waals surface area (Å²) in [5.74, 6) is 0.